The highest BCUT2D eigenvalue weighted by Crippen LogP contribution is 2.39. The molecule has 14 heavy (non-hydrogen) atoms. The maximum atomic E-state index is 11.2. The lowest BCUT2D eigenvalue weighted by Gasteiger charge is -2.38. The molecule has 0 saturated carbocycles. The van der Waals surface area contributed by atoms with Crippen molar-refractivity contribution in [1.29, 1.82) is 0 Å². The van der Waals surface area contributed by atoms with Crippen molar-refractivity contribution < 1.29 is 9.59 Å². The Morgan fingerprint density at radius 2 is 1.14 bits per heavy atom. The molecule has 0 rings (SSSR count). The fraction of sp³-hybridized carbons (Fsp3) is 0.800. The van der Waals surface area contributed by atoms with Crippen LogP contribution in [0.15, 0.2) is 0 Å². The summed E-state index contributed by atoms with van der Waals surface area (Å²) >= 11 is 0. The molecule has 0 spiro atoms. The first kappa shape index (κ1) is 12.9. The minimum Gasteiger partial charge on any atom is -0.369 e. The maximum absolute atomic E-state index is 11.2. The van der Waals surface area contributed by atoms with Gasteiger partial charge in [0.15, 0.2) is 0 Å². The van der Waals surface area contributed by atoms with Gasteiger partial charge in [0.1, 0.15) is 0 Å². The number of amides is 2. The molecule has 4 nitrogen and oxygen atoms in total. The van der Waals surface area contributed by atoms with Crippen molar-refractivity contribution in [3.05, 3.63) is 0 Å². The topological polar surface area (TPSA) is 86.2 Å². The largest absolute Gasteiger partial charge is 0.369 e. The van der Waals surface area contributed by atoms with E-state index in [4.69, 9.17) is 11.5 Å². The lowest BCUT2D eigenvalue weighted by atomic mass is 9.65. The van der Waals surface area contributed by atoms with Crippen LogP contribution in [0.4, 0.5) is 0 Å². The lowest BCUT2D eigenvalue weighted by Crippen LogP contribution is -2.48. The van der Waals surface area contributed by atoms with Gasteiger partial charge in [0.25, 0.3) is 0 Å². The molecule has 0 atom stereocenters. The van der Waals surface area contributed by atoms with Gasteiger partial charge in [-0.2, -0.15) is 0 Å². The predicted molar refractivity (Wildman–Crippen MR) is 55.1 cm³/mol. The summed E-state index contributed by atoms with van der Waals surface area (Å²) in [4.78, 5) is 22.4. The molecule has 0 unspecified atom stereocenters. The molecule has 0 radical (unpaired) electrons. The lowest BCUT2D eigenvalue weighted by molar-refractivity contribution is -0.137. The number of rotatable bonds is 4. The van der Waals surface area contributed by atoms with E-state index >= 15 is 0 Å². The summed E-state index contributed by atoms with van der Waals surface area (Å²) in [6.07, 6.45) is 0. The maximum Gasteiger partial charge on any atom is 0.223 e. The summed E-state index contributed by atoms with van der Waals surface area (Å²) in [6.45, 7) is 8.72. The van der Waals surface area contributed by atoms with Gasteiger partial charge in [0, 0.05) is 10.8 Å². The Morgan fingerprint density at radius 1 is 0.929 bits per heavy atom. The van der Waals surface area contributed by atoms with E-state index in [2.05, 4.69) is 0 Å². The van der Waals surface area contributed by atoms with Crippen LogP contribution in [0.25, 0.3) is 0 Å². The normalized spacial score (nSPS) is 13.0. The average Bonchev–Trinajstić information content (AvgIpc) is 2.02. The molecule has 4 heteroatoms. The third-order valence-electron chi connectivity index (χ3n) is 3.44. The molecular formula is C10H20N2O2. The van der Waals surface area contributed by atoms with Crippen LogP contribution in [-0.4, -0.2) is 11.8 Å². The van der Waals surface area contributed by atoms with E-state index in [0.717, 1.165) is 0 Å². The molecule has 0 bridgehead atoms. The highest BCUT2D eigenvalue weighted by molar-refractivity contribution is 5.84. The van der Waals surface area contributed by atoms with Crippen LogP contribution in [-0.2, 0) is 9.59 Å². The molecule has 4 N–H and O–H groups in total. The Labute approximate surface area is 85.0 Å². The van der Waals surface area contributed by atoms with Crippen molar-refractivity contribution in [2.45, 2.75) is 34.6 Å². The zero-order valence-electron chi connectivity index (χ0n) is 9.55. The summed E-state index contributed by atoms with van der Waals surface area (Å²) in [7, 11) is 0. The Hall–Kier alpha value is -1.06. The van der Waals surface area contributed by atoms with Crippen LogP contribution in [0.2, 0.25) is 0 Å². The standard InChI is InChI=1S/C10H20N2O2/c1-6(9(2,3)7(11)13)10(4,5)8(12)14/h6H,1-5H3,(H2,11,13)(H2,12,14). The molecule has 0 aliphatic carbocycles. The third kappa shape index (κ3) is 2.05. The van der Waals surface area contributed by atoms with Crippen LogP contribution in [0.3, 0.4) is 0 Å². The highest BCUT2D eigenvalue weighted by atomic mass is 16.2. The monoisotopic (exact) mass is 200 g/mol. The van der Waals surface area contributed by atoms with Crippen LogP contribution in [0.5, 0.6) is 0 Å². The van der Waals surface area contributed by atoms with E-state index in [1.54, 1.807) is 27.7 Å². The molecule has 0 aromatic heterocycles. The molecule has 0 aromatic rings. The Balaban J connectivity index is 5.04. The molecule has 0 heterocycles. The molecule has 0 saturated heterocycles. The van der Waals surface area contributed by atoms with Crippen molar-refractivity contribution in [3.63, 3.8) is 0 Å². The first-order chi connectivity index (χ1) is 6.04. The zero-order chi connectivity index (χ0) is 11.7. The van der Waals surface area contributed by atoms with E-state index in [0.29, 0.717) is 0 Å². The van der Waals surface area contributed by atoms with E-state index in [1.165, 1.54) is 0 Å². The van der Waals surface area contributed by atoms with Crippen molar-refractivity contribution in [2.75, 3.05) is 0 Å². The first-order valence-electron chi connectivity index (χ1n) is 4.64. The fourth-order valence-corrected chi connectivity index (χ4v) is 1.33. The van der Waals surface area contributed by atoms with E-state index in [-0.39, 0.29) is 5.92 Å². The second-order valence-corrected chi connectivity index (χ2v) is 4.89. The number of carbonyl (C=O) groups excluding carboxylic acids is 2. The van der Waals surface area contributed by atoms with Crippen LogP contribution < -0.4 is 11.5 Å². The number of carbonyl (C=O) groups is 2. The van der Waals surface area contributed by atoms with Gasteiger partial charge >= 0.3 is 0 Å². The van der Waals surface area contributed by atoms with Crippen molar-refractivity contribution in [3.8, 4) is 0 Å². The van der Waals surface area contributed by atoms with Gasteiger partial charge < -0.3 is 11.5 Å². The van der Waals surface area contributed by atoms with Crippen molar-refractivity contribution >= 4 is 11.8 Å². The van der Waals surface area contributed by atoms with Gasteiger partial charge in [-0.1, -0.05) is 34.6 Å². The predicted octanol–water partition coefficient (Wildman–Crippen LogP) is 0.645. The second kappa shape index (κ2) is 3.59. The highest BCUT2D eigenvalue weighted by Gasteiger charge is 2.44. The minimum atomic E-state index is -0.738. The summed E-state index contributed by atoms with van der Waals surface area (Å²) in [5, 5.41) is 0. The Bertz CT molecular complexity index is 231. The quantitative estimate of drug-likeness (QED) is 0.698. The van der Waals surface area contributed by atoms with E-state index in [9.17, 15) is 9.59 Å². The Kier molecular flexibility index (Phi) is 3.32. The number of hydrogen-bond acceptors (Lipinski definition) is 2. The first-order valence-corrected chi connectivity index (χ1v) is 4.64. The molecular weight excluding hydrogens is 180 g/mol. The molecule has 0 aliphatic rings. The second-order valence-electron chi connectivity index (χ2n) is 4.89. The summed E-state index contributed by atoms with van der Waals surface area (Å²) in [5.74, 6) is -1.04. The average molecular weight is 200 g/mol. The molecule has 0 fully saturated rings. The molecule has 2 amide bonds. The Morgan fingerprint density at radius 3 is 1.29 bits per heavy atom. The van der Waals surface area contributed by atoms with Gasteiger partial charge in [-0.05, 0) is 5.92 Å². The van der Waals surface area contributed by atoms with Crippen molar-refractivity contribution in [1.82, 2.24) is 0 Å². The van der Waals surface area contributed by atoms with Crippen LogP contribution in [0.1, 0.15) is 34.6 Å². The fourth-order valence-electron chi connectivity index (χ4n) is 1.33. The third-order valence-corrected chi connectivity index (χ3v) is 3.44. The van der Waals surface area contributed by atoms with Gasteiger partial charge in [0.05, 0.1) is 0 Å². The smallest absolute Gasteiger partial charge is 0.223 e. The van der Waals surface area contributed by atoms with Gasteiger partial charge in [-0.15, -0.1) is 0 Å². The minimum absolute atomic E-state index is 0.204. The number of hydrogen-bond donors (Lipinski definition) is 2. The number of primary amides is 2. The van der Waals surface area contributed by atoms with Crippen LogP contribution in [0, 0.1) is 16.7 Å². The summed E-state index contributed by atoms with van der Waals surface area (Å²) < 4.78 is 0. The molecule has 0 aliphatic heterocycles. The number of nitrogens with two attached hydrogens (primary N) is 2. The zero-order valence-corrected chi connectivity index (χ0v) is 9.55. The summed E-state index contributed by atoms with van der Waals surface area (Å²) in [6, 6.07) is 0. The van der Waals surface area contributed by atoms with E-state index in [1.807, 2.05) is 6.92 Å². The molecule has 82 valence electrons. The van der Waals surface area contributed by atoms with Crippen molar-refractivity contribution in [2.24, 2.45) is 28.2 Å². The van der Waals surface area contributed by atoms with Gasteiger partial charge in [-0.3, -0.25) is 9.59 Å². The van der Waals surface area contributed by atoms with E-state index < -0.39 is 22.6 Å². The van der Waals surface area contributed by atoms with Gasteiger partial charge in [-0.25, -0.2) is 0 Å². The molecule has 0 aromatic carbocycles. The van der Waals surface area contributed by atoms with Gasteiger partial charge in [0.2, 0.25) is 11.8 Å². The SMILES string of the molecule is CC(C(C)(C)C(N)=O)C(C)(C)C(N)=O. The summed E-state index contributed by atoms with van der Waals surface area (Å²) in [5.41, 5.74) is 9.08. The van der Waals surface area contributed by atoms with Crippen LogP contribution >= 0.6 is 0 Å².